The molecule has 0 amide bonds. The zero-order valence-electron chi connectivity index (χ0n) is 11.3. The van der Waals surface area contributed by atoms with Crippen LogP contribution in [0.5, 0.6) is 0 Å². The molecule has 0 aromatic carbocycles. The molecule has 0 bridgehead atoms. The minimum atomic E-state index is -3.72. The van der Waals surface area contributed by atoms with Gasteiger partial charge < -0.3 is 5.11 Å². The third kappa shape index (κ3) is 3.23. The number of rotatable bonds is 5. The van der Waals surface area contributed by atoms with E-state index in [4.69, 9.17) is 5.11 Å². The Morgan fingerprint density at radius 1 is 1.33 bits per heavy atom. The Morgan fingerprint density at radius 2 is 1.95 bits per heavy atom. The van der Waals surface area contributed by atoms with Crippen LogP contribution in [-0.4, -0.2) is 39.2 Å². The van der Waals surface area contributed by atoms with Gasteiger partial charge in [-0.3, -0.25) is 4.68 Å². The molecular formula is C11H13N5O4S. The first-order valence-corrected chi connectivity index (χ1v) is 7.32. The van der Waals surface area contributed by atoms with E-state index < -0.39 is 16.0 Å². The van der Waals surface area contributed by atoms with Crippen LogP contribution in [0.15, 0.2) is 23.5 Å². The maximum atomic E-state index is 12.1. The Hall–Kier alpha value is -2.33. The predicted octanol–water partition coefficient (Wildman–Crippen LogP) is -0.305. The maximum absolute atomic E-state index is 12.1. The molecule has 9 nitrogen and oxygen atoms in total. The summed E-state index contributed by atoms with van der Waals surface area (Å²) in [6, 6.07) is 0. The largest absolute Gasteiger partial charge is 0.478 e. The molecule has 0 aliphatic carbocycles. The first kappa shape index (κ1) is 15.1. The second-order valence-electron chi connectivity index (χ2n) is 4.24. The van der Waals surface area contributed by atoms with Gasteiger partial charge in [0.1, 0.15) is 10.7 Å². The molecule has 10 heteroatoms. The van der Waals surface area contributed by atoms with Crippen LogP contribution >= 0.6 is 0 Å². The van der Waals surface area contributed by atoms with E-state index in [1.807, 2.05) is 0 Å². The summed E-state index contributed by atoms with van der Waals surface area (Å²) in [5.74, 6) is -0.974. The van der Waals surface area contributed by atoms with Crippen molar-refractivity contribution in [2.75, 3.05) is 0 Å². The van der Waals surface area contributed by atoms with Crippen LogP contribution in [0.3, 0.4) is 0 Å². The number of nitrogens with zero attached hydrogens (tertiary/aromatic N) is 4. The first-order valence-electron chi connectivity index (χ1n) is 5.84. The average molecular weight is 311 g/mol. The van der Waals surface area contributed by atoms with E-state index in [0.29, 0.717) is 5.69 Å². The molecule has 21 heavy (non-hydrogen) atoms. The van der Waals surface area contributed by atoms with Crippen molar-refractivity contribution in [1.82, 2.24) is 24.5 Å². The Bertz CT molecular complexity index is 766. The minimum absolute atomic E-state index is 0.0651. The first-order chi connectivity index (χ1) is 9.81. The second-order valence-corrected chi connectivity index (χ2v) is 5.97. The molecule has 2 N–H and O–H groups in total. The Balaban J connectivity index is 2.12. The highest BCUT2D eigenvalue weighted by Crippen LogP contribution is 2.13. The normalized spacial score (nSPS) is 11.5. The monoisotopic (exact) mass is 311 g/mol. The van der Waals surface area contributed by atoms with Gasteiger partial charge in [-0.25, -0.2) is 27.9 Å². The molecule has 2 aromatic rings. The van der Waals surface area contributed by atoms with Crippen LogP contribution in [0.1, 0.15) is 21.9 Å². The number of carboxylic acids is 1. The zero-order valence-corrected chi connectivity index (χ0v) is 12.1. The van der Waals surface area contributed by atoms with Gasteiger partial charge in [0.25, 0.3) is 0 Å². The van der Waals surface area contributed by atoms with Crippen molar-refractivity contribution in [3.63, 3.8) is 0 Å². The Morgan fingerprint density at radius 3 is 2.43 bits per heavy atom. The third-order valence-corrected chi connectivity index (χ3v) is 4.36. The number of hydrogen-bond acceptors (Lipinski definition) is 6. The lowest BCUT2D eigenvalue weighted by atomic mass is 10.3. The van der Waals surface area contributed by atoms with Gasteiger partial charge in [0, 0.05) is 19.4 Å². The van der Waals surface area contributed by atoms with Gasteiger partial charge in [-0.05, 0) is 6.92 Å². The van der Waals surface area contributed by atoms with Gasteiger partial charge >= 0.3 is 5.97 Å². The van der Waals surface area contributed by atoms with E-state index in [2.05, 4.69) is 19.8 Å². The zero-order chi connectivity index (χ0) is 15.6. The van der Waals surface area contributed by atoms with Gasteiger partial charge in [0.05, 0.1) is 24.0 Å². The van der Waals surface area contributed by atoms with Gasteiger partial charge in [-0.2, -0.15) is 5.10 Å². The lowest BCUT2D eigenvalue weighted by molar-refractivity contribution is 0.0696. The highest BCUT2D eigenvalue weighted by atomic mass is 32.2. The lowest BCUT2D eigenvalue weighted by Crippen LogP contribution is -2.24. The number of hydrogen-bond donors (Lipinski definition) is 2. The van der Waals surface area contributed by atoms with E-state index in [9.17, 15) is 13.2 Å². The molecular weight excluding hydrogens is 298 g/mol. The van der Waals surface area contributed by atoms with E-state index in [1.54, 1.807) is 14.0 Å². The summed E-state index contributed by atoms with van der Waals surface area (Å²) in [7, 11) is -2.08. The van der Waals surface area contributed by atoms with E-state index in [-0.39, 0.29) is 22.8 Å². The summed E-state index contributed by atoms with van der Waals surface area (Å²) in [4.78, 5) is 18.3. The molecule has 112 valence electrons. The summed E-state index contributed by atoms with van der Waals surface area (Å²) < 4.78 is 28.0. The molecule has 2 aromatic heterocycles. The Kier molecular flexibility index (Phi) is 4.00. The molecule has 0 saturated heterocycles. The van der Waals surface area contributed by atoms with E-state index in [0.717, 1.165) is 12.4 Å². The van der Waals surface area contributed by atoms with Crippen molar-refractivity contribution in [2.45, 2.75) is 18.4 Å². The van der Waals surface area contributed by atoms with Crippen molar-refractivity contribution < 1.29 is 18.3 Å². The molecule has 0 radical (unpaired) electrons. The summed E-state index contributed by atoms with van der Waals surface area (Å²) >= 11 is 0. The Labute approximate surface area is 120 Å². The lowest BCUT2D eigenvalue weighted by Gasteiger charge is -2.05. The van der Waals surface area contributed by atoms with Gasteiger partial charge in [0.15, 0.2) is 0 Å². The SMILES string of the molecule is Cc1c(S(=O)(=O)NCc2ncc(C(=O)O)cn2)cnn1C. The number of aromatic nitrogens is 4. The van der Waals surface area contributed by atoms with Crippen LogP contribution in [-0.2, 0) is 23.6 Å². The molecule has 0 unspecified atom stereocenters. The third-order valence-electron chi connectivity index (χ3n) is 2.85. The standard InChI is InChI=1S/C11H13N5O4S/c1-7-9(5-14-16(7)2)21(19,20)15-6-10-12-3-8(4-13-10)11(17)18/h3-5,15H,6H2,1-2H3,(H,17,18). The molecule has 2 rings (SSSR count). The second kappa shape index (κ2) is 5.58. The van der Waals surface area contributed by atoms with Crippen molar-refractivity contribution >= 4 is 16.0 Å². The van der Waals surface area contributed by atoms with Crippen molar-refractivity contribution in [3.05, 3.63) is 35.7 Å². The van der Waals surface area contributed by atoms with Gasteiger partial charge in [0.2, 0.25) is 10.0 Å². The minimum Gasteiger partial charge on any atom is -0.478 e. The van der Waals surface area contributed by atoms with Crippen LogP contribution in [0.2, 0.25) is 0 Å². The topological polar surface area (TPSA) is 127 Å². The number of aryl methyl sites for hydroxylation is 1. The quantitative estimate of drug-likeness (QED) is 0.775. The van der Waals surface area contributed by atoms with E-state index in [1.165, 1.54) is 10.9 Å². The molecule has 0 aliphatic rings. The van der Waals surface area contributed by atoms with Gasteiger partial charge in [-0.15, -0.1) is 0 Å². The number of carboxylic acid groups (broad SMARTS) is 1. The number of carbonyl (C=O) groups is 1. The van der Waals surface area contributed by atoms with Crippen LogP contribution < -0.4 is 4.72 Å². The van der Waals surface area contributed by atoms with Crippen LogP contribution in [0.25, 0.3) is 0 Å². The molecule has 0 atom stereocenters. The van der Waals surface area contributed by atoms with Crippen molar-refractivity contribution in [2.24, 2.45) is 7.05 Å². The predicted molar refractivity (Wildman–Crippen MR) is 71.0 cm³/mol. The van der Waals surface area contributed by atoms with Crippen LogP contribution in [0, 0.1) is 6.92 Å². The maximum Gasteiger partial charge on any atom is 0.338 e. The van der Waals surface area contributed by atoms with Crippen LogP contribution in [0.4, 0.5) is 0 Å². The number of nitrogens with one attached hydrogen (secondary N) is 1. The molecule has 0 saturated carbocycles. The average Bonchev–Trinajstić information content (AvgIpc) is 2.78. The highest BCUT2D eigenvalue weighted by molar-refractivity contribution is 7.89. The molecule has 0 aliphatic heterocycles. The molecule has 2 heterocycles. The summed E-state index contributed by atoms with van der Waals surface area (Å²) in [6.45, 7) is 1.50. The van der Waals surface area contributed by atoms with Gasteiger partial charge in [-0.1, -0.05) is 0 Å². The fourth-order valence-corrected chi connectivity index (χ4v) is 2.72. The highest BCUT2D eigenvalue weighted by Gasteiger charge is 2.20. The number of aromatic carboxylic acids is 1. The number of sulfonamides is 1. The molecule has 0 fully saturated rings. The fraction of sp³-hybridized carbons (Fsp3) is 0.273. The molecule has 0 spiro atoms. The summed E-state index contributed by atoms with van der Waals surface area (Å²) in [5, 5.41) is 12.6. The van der Waals surface area contributed by atoms with E-state index >= 15 is 0 Å². The fourth-order valence-electron chi connectivity index (χ4n) is 1.54. The summed E-state index contributed by atoms with van der Waals surface area (Å²) in [6.07, 6.45) is 3.49. The van der Waals surface area contributed by atoms with Crippen molar-refractivity contribution in [1.29, 1.82) is 0 Å². The smallest absolute Gasteiger partial charge is 0.338 e. The summed E-state index contributed by atoms with van der Waals surface area (Å²) in [5.41, 5.74) is 0.439. The van der Waals surface area contributed by atoms with Crippen molar-refractivity contribution in [3.8, 4) is 0 Å².